The van der Waals surface area contributed by atoms with Crippen LogP contribution in [0.1, 0.15) is 22.3 Å². The fourth-order valence-electron chi connectivity index (χ4n) is 2.89. The highest BCUT2D eigenvalue weighted by Gasteiger charge is 2.31. The van der Waals surface area contributed by atoms with Crippen LogP contribution >= 0.6 is 0 Å². The van der Waals surface area contributed by atoms with Crippen molar-refractivity contribution in [2.24, 2.45) is 0 Å². The van der Waals surface area contributed by atoms with Crippen molar-refractivity contribution in [3.8, 4) is 0 Å². The number of rotatable bonds is 5. The molecular weight excluding hydrogens is 417 g/mol. The average Bonchev–Trinajstić information content (AvgIpc) is 2.49. The molecule has 0 unspecified atom stereocenters. The third-order valence-electron chi connectivity index (χ3n) is 3.90. The Morgan fingerprint density at radius 2 is 1.50 bits per heavy atom. The van der Waals surface area contributed by atoms with Gasteiger partial charge in [0.05, 0.1) is 22.4 Å². The number of benzene rings is 2. The first-order valence-corrected chi connectivity index (χ1v) is 11.3. The minimum Gasteiger partial charge on any atom is -0.283 e. The van der Waals surface area contributed by atoms with E-state index in [1.165, 1.54) is 26.0 Å². The van der Waals surface area contributed by atoms with Crippen LogP contribution in [0.25, 0.3) is 0 Å². The smallest absolute Gasteiger partial charge is 0.283 e. The van der Waals surface area contributed by atoms with Crippen LogP contribution in [-0.4, -0.2) is 23.1 Å². The van der Waals surface area contributed by atoms with Crippen molar-refractivity contribution in [1.29, 1.82) is 0 Å². The SMILES string of the molecule is Cc1cc(C)c(S(=O)(=O)Nc2cccc(C(F)(F)F)c2)c(C)c1NS(C)(=O)=O. The number of hydrogen-bond acceptors (Lipinski definition) is 4. The number of hydrogen-bond donors (Lipinski definition) is 2. The molecule has 0 aliphatic rings. The normalized spacial score (nSPS) is 12.7. The molecular formula is C17H19F3N2O4S2. The lowest BCUT2D eigenvalue weighted by Crippen LogP contribution is -2.19. The summed E-state index contributed by atoms with van der Waals surface area (Å²) in [6.07, 6.45) is -3.69. The first-order chi connectivity index (χ1) is 12.6. The van der Waals surface area contributed by atoms with Crippen molar-refractivity contribution in [2.75, 3.05) is 15.7 Å². The highest BCUT2D eigenvalue weighted by molar-refractivity contribution is 7.93. The molecule has 2 N–H and O–H groups in total. The van der Waals surface area contributed by atoms with Gasteiger partial charge < -0.3 is 0 Å². The molecule has 154 valence electrons. The molecule has 2 aromatic carbocycles. The van der Waals surface area contributed by atoms with Gasteiger partial charge in [-0.25, -0.2) is 16.8 Å². The van der Waals surface area contributed by atoms with Crippen LogP contribution in [0.5, 0.6) is 0 Å². The van der Waals surface area contributed by atoms with Crippen LogP contribution in [0.3, 0.4) is 0 Å². The second-order valence-corrected chi connectivity index (χ2v) is 9.77. The molecule has 0 saturated heterocycles. The number of alkyl halides is 3. The van der Waals surface area contributed by atoms with E-state index in [1.54, 1.807) is 6.92 Å². The topological polar surface area (TPSA) is 92.3 Å². The van der Waals surface area contributed by atoms with E-state index < -0.39 is 31.8 Å². The fourth-order valence-corrected chi connectivity index (χ4v) is 5.10. The Kier molecular flexibility index (Phi) is 5.73. The Labute approximate surface area is 161 Å². The van der Waals surface area contributed by atoms with Gasteiger partial charge in [-0.1, -0.05) is 12.1 Å². The zero-order valence-corrected chi connectivity index (χ0v) is 17.1. The lowest BCUT2D eigenvalue weighted by Gasteiger charge is -2.19. The molecule has 0 aromatic heterocycles. The zero-order chi connectivity index (χ0) is 21.5. The lowest BCUT2D eigenvalue weighted by molar-refractivity contribution is -0.137. The van der Waals surface area contributed by atoms with Crippen LogP contribution in [0.2, 0.25) is 0 Å². The van der Waals surface area contributed by atoms with Gasteiger partial charge in [-0.15, -0.1) is 0 Å². The lowest BCUT2D eigenvalue weighted by atomic mass is 10.1. The van der Waals surface area contributed by atoms with Crippen LogP contribution in [0.15, 0.2) is 35.2 Å². The van der Waals surface area contributed by atoms with Crippen molar-refractivity contribution < 1.29 is 30.0 Å². The highest BCUT2D eigenvalue weighted by atomic mass is 32.2. The van der Waals surface area contributed by atoms with E-state index in [0.717, 1.165) is 18.4 Å². The van der Waals surface area contributed by atoms with Crippen molar-refractivity contribution in [2.45, 2.75) is 31.8 Å². The van der Waals surface area contributed by atoms with Gasteiger partial charge in [0.1, 0.15) is 0 Å². The van der Waals surface area contributed by atoms with Crippen LogP contribution in [0.4, 0.5) is 24.5 Å². The molecule has 2 aromatic rings. The number of nitrogens with one attached hydrogen (secondary N) is 2. The molecule has 0 atom stereocenters. The molecule has 11 heteroatoms. The van der Waals surface area contributed by atoms with Gasteiger partial charge in [0.25, 0.3) is 10.0 Å². The highest BCUT2D eigenvalue weighted by Crippen LogP contribution is 2.34. The van der Waals surface area contributed by atoms with E-state index in [4.69, 9.17) is 0 Å². The minimum absolute atomic E-state index is 0.109. The predicted octanol–water partition coefficient (Wildman–Crippen LogP) is 3.80. The molecule has 0 saturated carbocycles. The third-order valence-corrected chi connectivity index (χ3v) is 6.14. The Bertz CT molecular complexity index is 1130. The summed E-state index contributed by atoms with van der Waals surface area (Å²) in [5, 5.41) is 0. The monoisotopic (exact) mass is 436 g/mol. The minimum atomic E-state index is -4.62. The summed E-state index contributed by atoms with van der Waals surface area (Å²) in [6, 6.07) is 5.29. The molecule has 0 fully saturated rings. The molecule has 0 amide bonds. The first-order valence-electron chi connectivity index (χ1n) is 7.90. The maximum absolute atomic E-state index is 12.9. The van der Waals surface area contributed by atoms with Gasteiger partial charge in [-0.2, -0.15) is 13.2 Å². The first kappa shape index (κ1) is 22.0. The molecule has 0 bridgehead atoms. The van der Waals surface area contributed by atoms with Crippen LogP contribution < -0.4 is 9.44 Å². The van der Waals surface area contributed by atoms with Crippen LogP contribution in [-0.2, 0) is 26.2 Å². The van der Waals surface area contributed by atoms with Crippen molar-refractivity contribution in [3.05, 3.63) is 52.6 Å². The Hall–Kier alpha value is -2.27. The molecule has 0 aliphatic carbocycles. The number of anilines is 2. The van der Waals surface area contributed by atoms with Crippen molar-refractivity contribution >= 4 is 31.4 Å². The van der Waals surface area contributed by atoms with E-state index in [1.807, 2.05) is 0 Å². The van der Waals surface area contributed by atoms with Gasteiger partial charge in [0.15, 0.2) is 0 Å². The van der Waals surface area contributed by atoms with E-state index >= 15 is 0 Å². The molecule has 6 nitrogen and oxygen atoms in total. The van der Waals surface area contributed by atoms with Gasteiger partial charge in [0, 0.05) is 5.69 Å². The second-order valence-electron chi connectivity index (χ2n) is 6.40. The van der Waals surface area contributed by atoms with E-state index in [-0.39, 0.29) is 21.8 Å². The standard InChI is InChI=1S/C17H19F3N2O4S2/c1-10-8-11(2)16(12(3)15(10)22-27(4,23)24)28(25,26)21-14-7-5-6-13(9-14)17(18,19)20/h5-9,21-22H,1-4H3. The second kappa shape index (κ2) is 7.28. The molecule has 0 radical (unpaired) electrons. The van der Waals surface area contributed by atoms with Crippen molar-refractivity contribution in [1.82, 2.24) is 0 Å². The van der Waals surface area contributed by atoms with Crippen LogP contribution in [0, 0.1) is 20.8 Å². The summed E-state index contributed by atoms with van der Waals surface area (Å²) in [6.45, 7) is 4.56. The Morgan fingerprint density at radius 1 is 0.893 bits per heavy atom. The predicted molar refractivity (Wildman–Crippen MR) is 101 cm³/mol. The summed E-state index contributed by atoms with van der Waals surface area (Å²) < 4.78 is 91.9. The van der Waals surface area contributed by atoms with E-state index in [0.29, 0.717) is 17.2 Å². The van der Waals surface area contributed by atoms with E-state index in [9.17, 15) is 30.0 Å². The summed E-state index contributed by atoms with van der Waals surface area (Å²) in [4.78, 5) is -0.207. The zero-order valence-electron chi connectivity index (χ0n) is 15.5. The quantitative estimate of drug-likeness (QED) is 0.746. The summed E-state index contributed by atoms with van der Waals surface area (Å²) in [7, 11) is -7.95. The summed E-state index contributed by atoms with van der Waals surface area (Å²) >= 11 is 0. The molecule has 0 aliphatic heterocycles. The maximum atomic E-state index is 12.9. The molecule has 2 rings (SSSR count). The molecule has 0 spiro atoms. The Morgan fingerprint density at radius 3 is 2.04 bits per heavy atom. The summed E-state index contributed by atoms with van der Waals surface area (Å²) in [5.41, 5.74) is -0.164. The number of aryl methyl sites for hydroxylation is 2. The maximum Gasteiger partial charge on any atom is 0.416 e. The van der Waals surface area contributed by atoms with E-state index in [2.05, 4.69) is 9.44 Å². The van der Waals surface area contributed by atoms with Crippen molar-refractivity contribution in [3.63, 3.8) is 0 Å². The van der Waals surface area contributed by atoms with Gasteiger partial charge >= 0.3 is 6.18 Å². The average molecular weight is 436 g/mol. The largest absolute Gasteiger partial charge is 0.416 e. The third kappa shape index (κ3) is 4.96. The van der Waals surface area contributed by atoms with Gasteiger partial charge in [-0.05, 0) is 55.7 Å². The number of sulfonamides is 2. The number of halogens is 3. The molecule has 0 heterocycles. The van der Waals surface area contributed by atoms with Gasteiger partial charge in [-0.3, -0.25) is 9.44 Å². The summed E-state index contributed by atoms with van der Waals surface area (Å²) in [5.74, 6) is 0. The molecule has 28 heavy (non-hydrogen) atoms. The fraction of sp³-hybridized carbons (Fsp3) is 0.294. The van der Waals surface area contributed by atoms with Gasteiger partial charge in [0.2, 0.25) is 10.0 Å². The Balaban J connectivity index is 2.56.